The Labute approximate surface area is 79.3 Å². The smallest absolute Gasteiger partial charge is 0.225 e. The van der Waals surface area contributed by atoms with Crippen molar-refractivity contribution < 1.29 is 4.79 Å². The van der Waals surface area contributed by atoms with Crippen LogP contribution in [-0.4, -0.2) is 23.9 Å². The maximum Gasteiger partial charge on any atom is 0.225 e. The molecule has 0 spiro atoms. The Bertz CT molecular complexity index is 230. The Hall–Kier alpha value is -1.04. The number of carbonyl (C=O) groups excluding carboxylic acids is 1. The quantitative estimate of drug-likeness (QED) is 0.612. The van der Waals surface area contributed by atoms with Crippen LogP contribution in [0.25, 0.3) is 0 Å². The van der Waals surface area contributed by atoms with E-state index >= 15 is 0 Å². The predicted molar refractivity (Wildman–Crippen MR) is 49.8 cm³/mol. The maximum absolute atomic E-state index is 11.6. The van der Waals surface area contributed by atoms with Crippen molar-refractivity contribution in [2.24, 2.45) is 11.8 Å². The molecule has 1 aliphatic heterocycles. The normalized spacial score (nSPS) is 22.9. The van der Waals surface area contributed by atoms with Gasteiger partial charge in [-0.2, -0.15) is 5.26 Å². The third kappa shape index (κ3) is 2.45. The Morgan fingerprint density at radius 1 is 1.62 bits per heavy atom. The number of rotatable bonds is 1. The fraction of sp³-hybridized carbons (Fsp3) is 0.800. The summed E-state index contributed by atoms with van der Waals surface area (Å²) < 4.78 is 0. The molecule has 1 rings (SSSR count). The first-order valence-electron chi connectivity index (χ1n) is 4.83. The number of likely N-dealkylation sites (tertiary alicyclic amines) is 1. The van der Waals surface area contributed by atoms with Gasteiger partial charge >= 0.3 is 0 Å². The number of amides is 1. The molecule has 0 saturated carbocycles. The first kappa shape index (κ1) is 10.0. The molecular weight excluding hydrogens is 164 g/mol. The highest BCUT2D eigenvalue weighted by Gasteiger charge is 2.24. The average molecular weight is 180 g/mol. The summed E-state index contributed by atoms with van der Waals surface area (Å²) in [6.07, 6.45) is 1.91. The lowest BCUT2D eigenvalue weighted by molar-refractivity contribution is -0.135. The number of nitriles is 1. The molecule has 0 radical (unpaired) electrons. The molecule has 0 N–H and O–H groups in total. The van der Waals surface area contributed by atoms with Gasteiger partial charge in [0.2, 0.25) is 5.91 Å². The van der Waals surface area contributed by atoms with E-state index in [4.69, 9.17) is 5.26 Å². The summed E-state index contributed by atoms with van der Waals surface area (Å²) in [6.45, 7) is 5.26. The van der Waals surface area contributed by atoms with E-state index in [-0.39, 0.29) is 17.7 Å². The number of carbonyl (C=O) groups is 1. The summed E-state index contributed by atoms with van der Waals surface area (Å²) >= 11 is 0. The van der Waals surface area contributed by atoms with Crippen LogP contribution in [0.5, 0.6) is 0 Å². The lowest BCUT2D eigenvalue weighted by Crippen LogP contribution is -2.41. The molecule has 13 heavy (non-hydrogen) atoms. The molecule has 0 aromatic rings. The fourth-order valence-electron chi connectivity index (χ4n) is 1.65. The van der Waals surface area contributed by atoms with Crippen LogP contribution in [0, 0.1) is 23.2 Å². The van der Waals surface area contributed by atoms with Crippen molar-refractivity contribution >= 4 is 5.91 Å². The second-order valence-corrected chi connectivity index (χ2v) is 3.91. The minimum atomic E-state index is 0.0523. The van der Waals surface area contributed by atoms with Gasteiger partial charge < -0.3 is 4.90 Å². The number of nitrogens with zero attached hydrogens (tertiary/aromatic N) is 2. The molecule has 0 aliphatic carbocycles. The molecule has 0 aromatic heterocycles. The van der Waals surface area contributed by atoms with Gasteiger partial charge in [0.05, 0.1) is 12.0 Å². The molecule has 1 atom stereocenters. The number of piperidine rings is 1. The molecule has 0 aromatic carbocycles. The summed E-state index contributed by atoms with van der Waals surface area (Å²) in [5, 5.41) is 8.74. The Balaban J connectivity index is 2.52. The number of hydrogen-bond acceptors (Lipinski definition) is 2. The van der Waals surface area contributed by atoms with E-state index < -0.39 is 0 Å². The first-order chi connectivity index (χ1) is 6.15. The van der Waals surface area contributed by atoms with E-state index in [1.807, 2.05) is 18.7 Å². The van der Waals surface area contributed by atoms with E-state index in [2.05, 4.69) is 6.07 Å². The topological polar surface area (TPSA) is 44.1 Å². The van der Waals surface area contributed by atoms with Crippen LogP contribution in [0.4, 0.5) is 0 Å². The van der Waals surface area contributed by atoms with Crippen molar-refractivity contribution in [1.82, 2.24) is 4.90 Å². The zero-order valence-corrected chi connectivity index (χ0v) is 8.29. The van der Waals surface area contributed by atoms with Gasteiger partial charge in [-0.3, -0.25) is 4.79 Å². The van der Waals surface area contributed by atoms with Crippen molar-refractivity contribution in [3.8, 4) is 6.07 Å². The van der Waals surface area contributed by atoms with Gasteiger partial charge in [-0.1, -0.05) is 13.8 Å². The van der Waals surface area contributed by atoms with Crippen molar-refractivity contribution in [1.29, 1.82) is 5.26 Å². The third-order valence-electron chi connectivity index (χ3n) is 2.41. The lowest BCUT2D eigenvalue weighted by Gasteiger charge is -2.30. The second-order valence-electron chi connectivity index (χ2n) is 3.91. The van der Waals surface area contributed by atoms with E-state index in [1.54, 1.807) is 0 Å². The van der Waals surface area contributed by atoms with Crippen molar-refractivity contribution in [3.63, 3.8) is 0 Å². The van der Waals surface area contributed by atoms with Crippen LogP contribution < -0.4 is 0 Å². The minimum absolute atomic E-state index is 0.0523. The van der Waals surface area contributed by atoms with Crippen molar-refractivity contribution in [2.45, 2.75) is 26.7 Å². The van der Waals surface area contributed by atoms with Crippen LogP contribution in [-0.2, 0) is 4.79 Å². The lowest BCUT2D eigenvalue weighted by atomic mass is 9.98. The monoisotopic (exact) mass is 180 g/mol. The van der Waals surface area contributed by atoms with E-state index in [9.17, 15) is 4.79 Å². The van der Waals surface area contributed by atoms with Gasteiger partial charge in [0.25, 0.3) is 0 Å². The van der Waals surface area contributed by atoms with Gasteiger partial charge in [0.1, 0.15) is 0 Å². The standard InChI is InChI=1S/C10H16N2O/c1-8(2)10(13)12-5-3-4-9(6-11)7-12/h8-9H,3-5,7H2,1-2H3. The fourth-order valence-corrected chi connectivity index (χ4v) is 1.65. The highest BCUT2D eigenvalue weighted by molar-refractivity contribution is 5.78. The molecule has 1 aliphatic rings. The summed E-state index contributed by atoms with van der Waals surface area (Å²) in [4.78, 5) is 13.4. The molecule has 1 fully saturated rings. The van der Waals surface area contributed by atoms with E-state index in [0.717, 1.165) is 19.4 Å². The Kier molecular flexibility index (Phi) is 3.30. The Morgan fingerprint density at radius 2 is 2.31 bits per heavy atom. The predicted octanol–water partition coefficient (Wildman–Crippen LogP) is 1.40. The average Bonchev–Trinajstić information content (AvgIpc) is 2.16. The molecule has 1 unspecified atom stereocenters. The summed E-state index contributed by atoms with van der Waals surface area (Å²) in [7, 11) is 0. The van der Waals surface area contributed by atoms with Gasteiger partial charge in [-0.05, 0) is 12.8 Å². The zero-order chi connectivity index (χ0) is 9.84. The van der Waals surface area contributed by atoms with Crippen molar-refractivity contribution in [2.75, 3.05) is 13.1 Å². The Morgan fingerprint density at radius 3 is 2.85 bits per heavy atom. The minimum Gasteiger partial charge on any atom is -0.341 e. The second kappa shape index (κ2) is 4.27. The summed E-state index contributed by atoms with van der Waals surface area (Å²) in [6, 6.07) is 2.23. The molecule has 72 valence electrons. The molecular formula is C10H16N2O. The van der Waals surface area contributed by atoms with Gasteiger partial charge in [0, 0.05) is 19.0 Å². The largest absolute Gasteiger partial charge is 0.341 e. The highest BCUT2D eigenvalue weighted by Crippen LogP contribution is 2.17. The molecule has 0 bridgehead atoms. The van der Waals surface area contributed by atoms with Crippen LogP contribution >= 0.6 is 0 Å². The molecule has 3 nitrogen and oxygen atoms in total. The molecule has 3 heteroatoms. The summed E-state index contributed by atoms with van der Waals surface area (Å²) in [5.74, 6) is 0.286. The SMILES string of the molecule is CC(C)C(=O)N1CCCC(C#N)C1. The van der Waals surface area contributed by atoms with Crippen LogP contribution in [0.3, 0.4) is 0 Å². The molecule has 1 amide bonds. The van der Waals surface area contributed by atoms with Crippen molar-refractivity contribution in [3.05, 3.63) is 0 Å². The van der Waals surface area contributed by atoms with Gasteiger partial charge in [-0.15, -0.1) is 0 Å². The van der Waals surface area contributed by atoms with Gasteiger partial charge in [0.15, 0.2) is 0 Å². The first-order valence-corrected chi connectivity index (χ1v) is 4.83. The maximum atomic E-state index is 11.6. The zero-order valence-electron chi connectivity index (χ0n) is 8.29. The van der Waals surface area contributed by atoms with E-state index in [0.29, 0.717) is 6.54 Å². The molecule has 1 heterocycles. The third-order valence-corrected chi connectivity index (χ3v) is 2.41. The van der Waals surface area contributed by atoms with Crippen LogP contribution in [0.2, 0.25) is 0 Å². The highest BCUT2D eigenvalue weighted by atomic mass is 16.2. The van der Waals surface area contributed by atoms with E-state index in [1.165, 1.54) is 0 Å². The number of hydrogen-bond donors (Lipinski definition) is 0. The van der Waals surface area contributed by atoms with Crippen LogP contribution in [0.15, 0.2) is 0 Å². The van der Waals surface area contributed by atoms with Gasteiger partial charge in [-0.25, -0.2) is 0 Å². The molecule has 1 saturated heterocycles. The summed E-state index contributed by atoms with van der Waals surface area (Å²) in [5.41, 5.74) is 0. The van der Waals surface area contributed by atoms with Crippen LogP contribution in [0.1, 0.15) is 26.7 Å².